The van der Waals surface area contributed by atoms with E-state index in [1.54, 1.807) is 0 Å². The smallest absolute Gasteiger partial charge is 0.317 e. The van der Waals surface area contributed by atoms with Crippen molar-refractivity contribution in [2.24, 2.45) is 5.11 Å². The Morgan fingerprint density at radius 2 is 0.713 bits per heavy atom. The van der Waals surface area contributed by atoms with E-state index in [0.717, 1.165) is 44.5 Å². The summed E-state index contributed by atoms with van der Waals surface area (Å²) in [5, 5.41) is 17.3. The molecule has 1 N–H and O–H groups in total. The molecule has 0 amide bonds. The average molecular weight is 1180 g/mol. The van der Waals surface area contributed by atoms with Crippen LogP contribution in [0, 0.1) is 0 Å². The highest BCUT2D eigenvalue weighted by atomic mass is 16.7. The Labute approximate surface area is 508 Å². The molecule has 0 bridgehead atoms. The van der Waals surface area contributed by atoms with Crippen LogP contribution in [0.25, 0.3) is 10.4 Å². The molecular weight excluding hydrogens is 1100 g/mol. The molecule has 450 valence electrons. The van der Waals surface area contributed by atoms with Crippen LogP contribution >= 0.6 is 0 Å². The van der Waals surface area contributed by atoms with Gasteiger partial charge in [0.2, 0.25) is 0 Å². The van der Waals surface area contributed by atoms with Gasteiger partial charge in [0, 0.05) is 4.91 Å². The summed E-state index contributed by atoms with van der Waals surface area (Å²) in [7, 11) is 0. The van der Waals surface area contributed by atoms with Crippen LogP contribution < -0.4 is 0 Å². The second-order valence-corrected chi connectivity index (χ2v) is 21.3. The molecule has 1 saturated heterocycles. The largest absolute Gasteiger partial charge is 0.460 e. The summed E-state index contributed by atoms with van der Waals surface area (Å²) in [6.07, 6.45) is -12.7. The summed E-state index contributed by atoms with van der Waals surface area (Å²) in [4.78, 5) is 16.9. The fraction of sp³-hybridized carbons (Fsp3) is 0.310. The van der Waals surface area contributed by atoms with E-state index in [0.29, 0.717) is 0 Å². The van der Waals surface area contributed by atoms with Crippen molar-refractivity contribution in [1.82, 2.24) is 0 Å². The van der Waals surface area contributed by atoms with Gasteiger partial charge in [0.15, 0.2) is 12.3 Å². The van der Waals surface area contributed by atoms with Crippen LogP contribution in [-0.4, -0.2) is 97.7 Å². The minimum atomic E-state index is -1.64. The second kappa shape index (κ2) is 33.3. The number of ether oxygens (including phenoxy) is 11. The summed E-state index contributed by atoms with van der Waals surface area (Å²) in [5.41, 5.74) is 16.8. The Morgan fingerprint density at radius 3 is 1.09 bits per heavy atom. The van der Waals surface area contributed by atoms with Crippen molar-refractivity contribution >= 4 is 5.97 Å². The van der Waals surface area contributed by atoms with E-state index in [1.807, 2.05) is 243 Å². The van der Waals surface area contributed by atoms with Crippen LogP contribution in [0.15, 0.2) is 248 Å². The number of hydrogen-bond donors (Lipinski definition) is 1. The Morgan fingerprint density at radius 1 is 0.402 bits per heavy atom. The van der Waals surface area contributed by atoms with E-state index < -0.39 is 85.9 Å². The van der Waals surface area contributed by atoms with Gasteiger partial charge in [-0.05, 0) is 50.0 Å². The van der Waals surface area contributed by atoms with E-state index in [1.165, 1.54) is 0 Å². The van der Waals surface area contributed by atoms with Crippen LogP contribution in [0.1, 0.15) is 44.5 Å². The molecule has 10 rings (SSSR count). The zero-order valence-corrected chi connectivity index (χ0v) is 48.3. The fourth-order valence-corrected chi connectivity index (χ4v) is 10.6. The van der Waals surface area contributed by atoms with Crippen molar-refractivity contribution < 1.29 is 62.0 Å². The zero-order valence-electron chi connectivity index (χ0n) is 48.3. The molecular formula is C71H73N3O13. The molecule has 8 aromatic carbocycles. The highest BCUT2D eigenvalue weighted by molar-refractivity contribution is 5.76. The first kappa shape index (κ1) is 62.2. The molecule has 8 aromatic rings. The number of aliphatic hydroxyl groups excluding tert-OH is 1. The molecule has 1 aliphatic heterocycles. The van der Waals surface area contributed by atoms with Crippen LogP contribution in [0.2, 0.25) is 0 Å². The zero-order chi connectivity index (χ0) is 59.7. The Bertz CT molecular complexity index is 3270. The first-order chi connectivity index (χ1) is 43.0. The van der Waals surface area contributed by atoms with Gasteiger partial charge in [-0.25, -0.2) is 0 Å². The highest BCUT2D eigenvalue weighted by Gasteiger charge is 2.57. The van der Waals surface area contributed by atoms with Crippen LogP contribution in [0.4, 0.5) is 0 Å². The number of benzene rings is 8. The maximum atomic E-state index is 13.9. The van der Waals surface area contributed by atoms with Gasteiger partial charge in [-0.1, -0.05) is 248 Å². The summed E-state index contributed by atoms with van der Waals surface area (Å²) >= 11 is 0. The standard InChI is InChI=1S/C71H73N3O13/c72-74-73-59(70(76)85-48-58-39-23-8-24-40-58)49-84-63-61(75)64(67(81-45-55-33-17-5-18-34-55)68(82-46-56-35-19-6-20-36-56)66(63)80-44-54-31-15-4-16-32-54)87-71-69(83-47-57-37-21-7-22-38-57)65(79-43-53-29-13-3-14-30-53)62(78-42-52-27-11-2-12-28-52)60(86-71)50-77-41-51-25-9-1-10-26-51/h1-40,59-69,71,75H,41-50H2/t59-,60-,61+,62-,63+,64+,65+,66-,67+,68+,69+,71-/m1/s1. The average Bonchev–Trinajstić information content (AvgIpc) is 1.66. The molecule has 87 heavy (non-hydrogen) atoms. The van der Waals surface area contributed by atoms with Gasteiger partial charge in [0.05, 0.1) is 59.5 Å². The van der Waals surface area contributed by atoms with E-state index in [-0.39, 0.29) is 59.5 Å². The van der Waals surface area contributed by atoms with E-state index in [4.69, 9.17) is 52.1 Å². The quantitative estimate of drug-likeness (QED) is 0.0187. The molecule has 2 fully saturated rings. The van der Waals surface area contributed by atoms with Crippen molar-refractivity contribution in [3.63, 3.8) is 0 Å². The second-order valence-electron chi connectivity index (χ2n) is 21.3. The van der Waals surface area contributed by atoms with Crippen LogP contribution in [0.3, 0.4) is 0 Å². The first-order valence-corrected chi connectivity index (χ1v) is 29.4. The number of esters is 1. The minimum absolute atomic E-state index is 0.0249. The molecule has 1 heterocycles. The molecule has 0 unspecified atom stereocenters. The number of rotatable bonds is 31. The lowest BCUT2D eigenvalue weighted by Gasteiger charge is -2.51. The number of aliphatic hydroxyl groups is 1. The summed E-state index contributed by atoms with van der Waals surface area (Å²) < 4.78 is 76.0. The van der Waals surface area contributed by atoms with Gasteiger partial charge >= 0.3 is 5.97 Å². The van der Waals surface area contributed by atoms with Crippen molar-refractivity contribution in [3.05, 3.63) is 298 Å². The number of hydrogen-bond acceptors (Lipinski definition) is 14. The minimum Gasteiger partial charge on any atom is -0.460 e. The summed E-state index contributed by atoms with van der Waals surface area (Å²) in [6, 6.07) is 75.8. The predicted molar refractivity (Wildman–Crippen MR) is 325 cm³/mol. The predicted octanol–water partition coefficient (Wildman–Crippen LogP) is 12.0. The normalized spacial score (nSPS) is 23.0. The van der Waals surface area contributed by atoms with Gasteiger partial charge in [-0.15, -0.1) is 0 Å². The van der Waals surface area contributed by atoms with Gasteiger partial charge < -0.3 is 57.2 Å². The van der Waals surface area contributed by atoms with Gasteiger partial charge in [-0.3, -0.25) is 4.79 Å². The molecule has 16 heteroatoms. The SMILES string of the molecule is [N-]=[N+]=N[C@H](CO[C@H]1[C@H](O)[C@H](O[C@H]2O[C@H](COCc3ccccc3)[C@@H](OCc3ccccc3)[C@H](OCc3ccccc3)[C@@H]2OCc2ccccc2)[C@H](OCc2ccccc2)[C@@H](OCc2ccccc2)[C@@H]1OCc1ccccc1)C(=O)OCc1ccccc1. The fourth-order valence-electron chi connectivity index (χ4n) is 10.6. The number of nitrogens with zero attached hydrogens (tertiary/aromatic N) is 3. The van der Waals surface area contributed by atoms with Crippen molar-refractivity contribution in [3.8, 4) is 0 Å². The molecule has 12 atom stereocenters. The third kappa shape index (κ3) is 18.3. The van der Waals surface area contributed by atoms with Gasteiger partial charge in [0.1, 0.15) is 67.6 Å². The number of azide groups is 1. The molecule has 0 spiro atoms. The summed E-state index contributed by atoms with van der Waals surface area (Å²) in [6.45, 7) is 0.315. The van der Waals surface area contributed by atoms with Gasteiger partial charge in [0.25, 0.3) is 0 Å². The van der Waals surface area contributed by atoms with Gasteiger partial charge in [-0.2, -0.15) is 0 Å². The maximum Gasteiger partial charge on any atom is 0.317 e. The number of carbonyl (C=O) groups is 1. The Hall–Kier alpha value is -7.90. The molecule has 2 aliphatic rings. The highest BCUT2D eigenvalue weighted by Crippen LogP contribution is 2.39. The monoisotopic (exact) mass is 1180 g/mol. The molecule has 1 aliphatic carbocycles. The Balaban J connectivity index is 1.07. The summed E-state index contributed by atoms with van der Waals surface area (Å²) in [5.74, 6) is -0.836. The Kier molecular flexibility index (Phi) is 23.8. The molecule has 1 saturated carbocycles. The lowest BCUT2D eigenvalue weighted by molar-refractivity contribution is -0.363. The molecule has 16 nitrogen and oxygen atoms in total. The first-order valence-electron chi connectivity index (χ1n) is 29.4. The molecule has 0 radical (unpaired) electrons. The van der Waals surface area contributed by atoms with Crippen molar-refractivity contribution in [2.45, 2.75) is 126 Å². The van der Waals surface area contributed by atoms with Crippen molar-refractivity contribution in [2.75, 3.05) is 13.2 Å². The lowest BCUT2D eigenvalue weighted by Crippen LogP contribution is -2.69. The van der Waals surface area contributed by atoms with E-state index in [9.17, 15) is 15.4 Å². The maximum absolute atomic E-state index is 13.9. The molecule has 0 aromatic heterocycles. The van der Waals surface area contributed by atoms with Crippen LogP contribution in [-0.2, 0) is 110 Å². The number of carbonyl (C=O) groups excluding carboxylic acids is 1. The van der Waals surface area contributed by atoms with Crippen molar-refractivity contribution in [1.29, 1.82) is 0 Å². The third-order valence-corrected chi connectivity index (χ3v) is 15.1. The topological polar surface area (TPSA) is 188 Å². The van der Waals surface area contributed by atoms with E-state index >= 15 is 0 Å². The van der Waals surface area contributed by atoms with E-state index in [2.05, 4.69) is 10.0 Å². The third-order valence-electron chi connectivity index (χ3n) is 15.1. The lowest BCUT2D eigenvalue weighted by atomic mass is 9.83. The van der Waals surface area contributed by atoms with Crippen LogP contribution in [0.5, 0.6) is 0 Å².